The van der Waals surface area contributed by atoms with E-state index in [1.807, 2.05) is 51.1 Å². The van der Waals surface area contributed by atoms with Crippen molar-refractivity contribution in [2.24, 2.45) is 0 Å². The minimum atomic E-state index is -0.734. The van der Waals surface area contributed by atoms with Gasteiger partial charge in [-0.05, 0) is 39.2 Å². The lowest BCUT2D eigenvalue weighted by Crippen LogP contribution is -2.53. The molecule has 4 rings (SSSR count). The zero-order valence-electron chi connectivity index (χ0n) is 19.5. The smallest absolute Gasteiger partial charge is 0.307 e. The largest absolute Gasteiger partial charge is 0.466 e. The lowest BCUT2D eigenvalue weighted by atomic mass is 9.92. The molecule has 1 aromatic rings. The average molecular weight is 448 g/mol. The fourth-order valence-corrected chi connectivity index (χ4v) is 5.03. The van der Waals surface area contributed by atoms with Gasteiger partial charge in [-0.1, -0.05) is 49.6 Å². The molecule has 1 aliphatic carbocycles. The number of ether oxygens (including phenoxy) is 5. The van der Waals surface area contributed by atoms with Crippen molar-refractivity contribution in [3.63, 3.8) is 0 Å². The van der Waals surface area contributed by atoms with Crippen LogP contribution in [0.15, 0.2) is 30.3 Å². The van der Waals surface area contributed by atoms with E-state index in [1.54, 1.807) is 0 Å². The second-order valence-corrected chi connectivity index (χ2v) is 9.45. The SMILES string of the molecule is CCOC(=O)C[C@@H](NC1CCCCC1)[C@H]1O[C@@H]2OC(C)(C)O[C@@H]2[C@H]1OCc1ccccc1. The maximum absolute atomic E-state index is 12.5. The molecule has 1 aromatic carbocycles. The topological polar surface area (TPSA) is 75.3 Å². The number of benzene rings is 1. The Morgan fingerprint density at radius 3 is 2.62 bits per heavy atom. The van der Waals surface area contributed by atoms with Gasteiger partial charge in [0.25, 0.3) is 0 Å². The molecule has 3 aliphatic rings. The quantitative estimate of drug-likeness (QED) is 0.579. The third kappa shape index (κ3) is 5.88. The van der Waals surface area contributed by atoms with E-state index >= 15 is 0 Å². The molecule has 0 radical (unpaired) electrons. The summed E-state index contributed by atoms with van der Waals surface area (Å²) in [6.45, 7) is 6.39. The Kier molecular flexibility index (Phi) is 7.84. The third-order valence-corrected chi connectivity index (χ3v) is 6.46. The van der Waals surface area contributed by atoms with Gasteiger partial charge in [-0.25, -0.2) is 0 Å². The fraction of sp³-hybridized carbons (Fsp3) is 0.720. The van der Waals surface area contributed by atoms with Crippen LogP contribution < -0.4 is 5.32 Å². The van der Waals surface area contributed by atoms with Crippen molar-refractivity contribution < 1.29 is 28.5 Å². The van der Waals surface area contributed by atoms with Crippen LogP contribution in [0.25, 0.3) is 0 Å². The summed E-state index contributed by atoms with van der Waals surface area (Å²) in [5.74, 6) is -0.965. The summed E-state index contributed by atoms with van der Waals surface area (Å²) in [5, 5.41) is 3.71. The van der Waals surface area contributed by atoms with Crippen LogP contribution in [0.2, 0.25) is 0 Å². The second-order valence-electron chi connectivity index (χ2n) is 9.45. The molecule has 178 valence electrons. The Bertz CT molecular complexity index is 735. The van der Waals surface area contributed by atoms with Gasteiger partial charge in [0.15, 0.2) is 12.1 Å². The Hall–Kier alpha value is -1.51. The van der Waals surface area contributed by atoms with Crippen LogP contribution in [-0.2, 0) is 35.1 Å². The highest BCUT2D eigenvalue weighted by Crippen LogP contribution is 2.40. The predicted molar refractivity (Wildman–Crippen MR) is 119 cm³/mol. The summed E-state index contributed by atoms with van der Waals surface area (Å²) in [7, 11) is 0. The maximum atomic E-state index is 12.5. The van der Waals surface area contributed by atoms with E-state index in [-0.39, 0.29) is 36.7 Å². The molecule has 0 aromatic heterocycles. The first kappa shape index (κ1) is 23.6. The molecular weight excluding hydrogens is 410 g/mol. The monoisotopic (exact) mass is 447 g/mol. The highest BCUT2D eigenvalue weighted by Gasteiger charge is 2.57. The van der Waals surface area contributed by atoms with Crippen molar-refractivity contribution in [1.29, 1.82) is 0 Å². The zero-order chi connectivity index (χ0) is 22.6. The fourth-order valence-electron chi connectivity index (χ4n) is 5.03. The molecule has 3 fully saturated rings. The molecule has 1 saturated carbocycles. The van der Waals surface area contributed by atoms with Gasteiger partial charge in [0.1, 0.15) is 18.3 Å². The first-order chi connectivity index (χ1) is 15.4. The summed E-state index contributed by atoms with van der Waals surface area (Å²) >= 11 is 0. The van der Waals surface area contributed by atoms with Gasteiger partial charge < -0.3 is 29.0 Å². The molecule has 0 spiro atoms. The normalized spacial score (nSPS) is 30.7. The van der Waals surface area contributed by atoms with Crippen LogP contribution in [0.5, 0.6) is 0 Å². The number of rotatable bonds is 9. The maximum Gasteiger partial charge on any atom is 0.307 e. The number of hydrogen-bond donors (Lipinski definition) is 1. The van der Waals surface area contributed by atoms with Crippen LogP contribution in [0, 0.1) is 0 Å². The van der Waals surface area contributed by atoms with Gasteiger partial charge in [-0.15, -0.1) is 0 Å². The number of fused-ring (bicyclic) bond motifs is 1. The van der Waals surface area contributed by atoms with Gasteiger partial charge in [0.05, 0.1) is 19.6 Å². The molecule has 2 heterocycles. The number of carbonyl (C=O) groups excluding carboxylic acids is 1. The van der Waals surface area contributed by atoms with Crippen molar-refractivity contribution >= 4 is 5.97 Å². The van der Waals surface area contributed by atoms with Crippen molar-refractivity contribution in [3.05, 3.63) is 35.9 Å². The molecular formula is C25H37NO6. The summed E-state index contributed by atoms with van der Waals surface area (Å²) in [4.78, 5) is 12.5. The molecule has 2 aliphatic heterocycles. The molecule has 0 amide bonds. The lowest BCUT2D eigenvalue weighted by Gasteiger charge is -2.34. The van der Waals surface area contributed by atoms with Crippen LogP contribution in [-0.4, -0.2) is 55.0 Å². The first-order valence-electron chi connectivity index (χ1n) is 12.0. The molecule has 32 heavy (non-hydrogen) atoms. The van der Waals surface area contributed by atoms with E-state index < -0.39 is 12.1 Å². The molecule has 7 heteroatoms. The Labute approximate surface area is 191 Å². The van der Waals surface area contributed by atoms with E-state index in [0.717, 1.165) is 18.4 Å². The summed E-state index contributed by atoms with van der Waals surface area (Å²) in [6, 6.07) is 10.2. The summed E-state index contributed by atoms with van der Waals surface area (Å²) in [6.07, 6.45) is 4.50. The van der Waals surface area contributed by atoms with Gasteiger partial charge >= 0.3 is 5.97 Å². The molecule has 7 nitrogen and oxygen atoms in total. The number of nitrogens with one attached hydrogen (secondary N) is 1. The van der Waals surface area contributed by atoms with E-state index in [0.29, 0.717) is 19.3 Å². The second kappa shape index (κ2) is 10.6. The highest BCUT2D eigenvalue weighted by atomic mass is 16.8. The number of esters is 1. The van der Waals surface area contributed by atoms with Gasteiger partial charge in [-0.3, -0.25) is 4.79 Å². The minimum absolute atomic E-state index is 0.225. The third-order valence-electron chi connectivity index (χ3n) is 6.46. The van der Waals surface area contributed by atoms with Gasteiger partial charge in [0.2, 0.25) is 0 Å². The first-order valence-corrected chi connectivity index (χ1v) is 12.0. The predicted octanol–water partition coefficient (Wildman–Crippen LogP) is 3.69. The Balaban J connectivity index is 1.52. The average Bonchev–Trinajstić information content (AvgIpc) is 3.25. The molecule has 2 saturated heterocycles. The van der Waals surface area contributed by atoms with Crippen molar-refractivity contribution in [3.8, 4) is 0 Å². The standard InChI is InChI=1S/C25H37NO6/c1-4-28-20(27)15-19(26-18-13-9-6-10-14-18)21-22(29-16-17-11-7-5-8-12-17)23-24(30-21)32-25(2,3)31-23/h5,7-8,11-12,18-19,21-24,26H,4,6,9-10,13-16H2,1-3H3/t19-,21-,22+,23-,24-/m1/s1. The molecule has 0 bridgehead atoms. The minimum Gasteiger partial charge on any atom is -0.466 e. The summed E-state index contributed by atoms with van der Waals surface area (Å²) < 4.78 is 30.2. The van der Waals surface area contributed by atoms with E-state index in [1.165, 1.54) is 19.3 Å². The van der Waals surface area contributed by atoms with Crippen molar-refractivity contribution in [2.75, 3.05) is 6.61 Å². The number of hydrogen-bond acceptors (Lipinski definition) is 7. The Morgan fingerprint density at radius 2 is 1.91 bits per heavy atom. The molecule has 1 N–H and O–H groups in total. The van der Waals surface area contributed by atoms with Crippen LogP contribution in [0.3, 0.4) is 0 Å². The molecule has 0 unspecified atom stereocenters. The van der Waals surface area contributed by atoms with Crippen molar-refractivity contribution in [1.82, 2.24) is 5.32 Å². The van der Waals surface area contributed by atoms with E-state index in [2.05, 4.69) is 5.32 Å². The highest BCUT2D eigenvalue weighted by molar-refractivity contribution is 5.70. The lowest BCUT2D eigenvalue weighted by molar-refractivity contribution is -0.223. The van der Waals surface area contributed by atoms with Crippen LogP contribution >= 0.6 is 0 Å². The van der Waals surface area contributed by atoms with E-state index in [9.17, 15) is 4.79 Å². The van der Waals surface area contributed by atoms with Crippen LogP contribution in [0.1, 0.15) is 64.9 Å². The summed E-state index contributed by atoms with van der Waals surface area (Å²) in [5.41, 5.74) is 1.08. The van der Waals surface area contributed by atoms with E-state index in [4.69, 9.17) is 23.7 Å². The number of carbonyl (C=O) groups is 1. The molecule has 5 atom stereocenters. The van der Waals surface area contributed by atoms with Gasteiger partial charge in [0, 0.05) is 12.1 Å². The zero-order valence-corrected chi connectivity index (χ0v) is 19.5. The Morgan fingerprint density at radius 1 is 1.16 bits per heavy atom. The van der Waals surface area contributed by atoms with Gasteiger partial charge in [-0.2, -0.15) is 0 Å². The van der Waals surface area contributed by atoms with Crippen LogP contribution in [0.4, 0.5) is 0 Å². The van der Waals surface area contributed by atoms with Crippen molar-refractivity contribution in [2.45, 2.75) is 108 Å².